The van der Waals surface area contributed by atoms with E-state index in [1.165, 1.54) is 0 Å². The number of carbonyl (C=O) groups excluding carboxylic acids is 1. The van der Waals surface area contributed by atoms with Crippen molar-refractivity contribution in [2.75, 3.05) is 5.32 Å². The molecule has 2 aromatic rings. The maximum absolute atomic E-state index is 13.4. The van der Waals surface area contributed by atoms with Crippen molar-refractivity contribution in [3.05, 3.63) is 56.0 Å². The van der Waals surface area contributed by atoms with Crippen LogP contribution in [0.5, 0.6) is 0 Å². The molecule has 1 aromatic carbocycles. The third-order valence-electron chi connectivity index (χ3n) is 2.30. The molecule has 0 saturated carbocycles. The SMILES string of the molecule is O=C(Nc1ncc([N+](=O)[O-])s1)c1ccc([N+](=O)[O-])c(F)c1. The molecule has 11 heteroatoms. The van der Waals surface area contributed by atoms with Crippen LogP contribution >= 0.6 is 11.3 Å². The van der Waals surface area contributed by atoms with Crippen molar-refractivity contribution in [1.82, 2.24) is 4.98 Å². The Labute approximate surface area is 119 Å². The Hall–Kier alpha value is -2.95. The van der Waals surface area contributed by atoms with E-state index in [1.54, 1.807) is 0 Å². The van der Waals surface area contributed by atoms with Gasteiger partial charge in [-0.2, -0.15) is 4.39 Å². The number of hydrogen-bond donors (Lipinski definition) is 1. The summed E-state index contributed by atoms with van der Waals surface area (Å²) >= 11 is 0.632. The summed E-state index contributed by atoms with van der Waals surface area (Å²) in [4.78, 5) is 34.7. The summed E-state index contributed by atoms with van der Waals surface area (Å²) in [6.07, 6.45) is 0.969. The fourth-order valence-electron chi connectivity index (χ4n) is 1.37. The van der Waals surface area contributed by atoms with E-state index in [0.29, 0.717) is 17.4 Å². The molecule has 0 fully saturated rings. The number of rotatable bonds is 4. The molecule has 0 spiro atoms. The fourth-order valence-corrected chi connectivity index (χ4v) is 2.00. The number of nitrogens with zero attached hydrogens (tertiary/aromatic N) is 3. The second-order valence-electron chi connectivity index (χ2n) is 3.64. The van der Waals surface area contributed by atoms with Gasteiger partial charge in [0, 0.05) is 11.6 Å². The summed E-state index contributed by atoms with van der Waals surface area (Å²) in [6.45, 7) is 0. The molecule has 0 aliphatic rings. The quantitative estimate of drug-likeness (QED) is 0.681. The van der Waals surface area contributed by atoms with Crippen LogP contribution in [0, 0.1) is 26.0 Å². The summed E-state index contributed by atoms with van der Waals surface area (Å²) in [5, 5.41) is 22.9. The first-order valence-corrected chi connectivity index (χ1v) is 6.05. The summed E-state index contributed by atoms with van der Waals surface area (Å²) in [5.74, 6) is -1.94. The molecule has 0 saturated heterocycles. The Bertz CT molecular complexity index is 747. The topological polar surface area (TPSA) is 128 Å². The van der Waals surface area contributed by atoms with Crippen LogP contribution in [0.2, 0.25) is 0 Å². The second kappa shape index (κ2) is 5.58. The molecular weight excluding hydrogens is 307 g/mol. The molecule has 21 heavy (non-hydrogen) atoms. The number of nitro benzene ring substituents is 1. The number of anilines is 1. The Balaban J connectivity index is 2.18. The van der Waals surface area contributed by atoms with Crippen LogP contribution in [0.25, 0.3) is 0 Å². The maximum atomic E-state index is 13.4. The zero-order valence-electron chi connectivity index (χ0n) is 9.98. The molecule has 0 unspecified atom stereocenters. The smallest absolute Gasteiger partial charge is 0.298 e. The standard InChI is InChI=1S/C10H5FN4O5S/c11-6-3-5(1-2-7(6)14(17)18)9(16)13-10-12-4-8(21-10)15(19)20/h1-4H,(H,12,13,16). The minimum Gasteiger partial charge on any atom is -0.298 e. The van der Waals surface area contributed by atoms with E-state index in [-0.39, 0.29) is 15.7 Å². The molecule has 1 amide bonds. The highest BCUT2D eigenvalue weighted by Gasteiger charge is 2.18. The number of carbonyl (C=O) groups is 1. The predicted octanol–water partition coefficient (Wildman–Crippen LogP) is 2.35. The van der Waals surface area contributed by atoms with E-state index in [1.807, 2.05) is 0 Å². The van der Waals surface area contributed by atoms with E-state index < -0.39 is 27.3 Å². The number of halogens is 1. The molecule has 0 atom stereocenters. The minimum atomic E-state index is -1.15. The van der Waals surface area contributed by atoms with E-state index in [4.69, 9.17) is 0 Å². The highest BCUT2D eigenvalue weighted by Crippen LogP contribution is 2.25. The van der Waals surface area contributed by atoms with Crippen LogP contribution in [-0.2, 0) is 0 Å². The first kappa shape index (κ1) is 14.5. The Morgan fingerprint density at radius 3 is 2.52 bits per heavy atom. The van der Waals surface area contributed by atoms with Crippen molar-refractivity contribution in [2.24, 2.45) is 0 Å². The lowest BCUT2D eigenvalue weighted by molar-refractivity contribution is -0.387. The van der Waals surface area contributed by atoms with Gasteiger partial charge in [0.1, 0.15) is 6.20 Å². The molecule has 0 aliphatic heterocycles. The van der Waals surface area contributed by atoms with Gasteiger partial charge < -0.3 is 0 Å². The Kier molecular flexibility index (Phi) is 3.84. The summed E-state index contributed by atoms with van der Waals surface area (Å²) < 4.78 is 13.4. The van der Waals surface area contributed by atoms with Crippen molar-refractivity contribution in [3.8, 4) is 0 Å². The van der Waals surface area contributed by atoms with Crippen molar-refractivity contribution in [1.29, 1.82) is 0 Å². The molecule has 1 heterocycles. The van der Waals surface area contributed by atoms with Crippen molar-refractivity contribution in [3.63, 3.8) is 0 Å². The van der Waals surface area contributed by atoms with Gasteiger partial charge in [0.05, 0.1) is 9.85 Å². The monoisotopic (exact) mass is 312 g/mol. The van der Waals surface area contributed by atoms with E-state index >= 15 is 0 Å². The maximum Gasteiger partial charge on any atom is 0.345 e. The van der Waals surface area contributed by atoms with Crippen molar-refractivity contribution >= 4 is 33.1 Å². The molecule has 0 aliphatic carbocycles. The molecule has 0 bridgehead atoms. The number of nitrogens with one attached hydrogen (secondary N) is 1. The van der Waals surface area contributed by atoms with Gasteiger partial charge in [0.15, 0.2) is 5.13 Å². The lowest BCUT2D eigenvalue weighted by Gasteiger charge is -2.01. The van der Waals surface area contributed by atoms with Gasteiger partial charge in [-0.05, 0) is 23.5 Å². The largest absolute Gasteiger partial charge is 0.345 e. The van der Waals surface area contributed by atoms with E-state index in [9.17, 15) is 29.4 Å². The van der Waals surface area contributed by atoms with Gasteiger partial charge in [-0.15, -0.1) is 0 Å². The zero-order chi connectivity index (χ0) is 15.6. The third-order valence-corrected chi connectivity index (χ3v) is 3.16. The lowest BCUT2D eigenvalue weighted by Crippen LogP contribution is -2.12. The molecular formula is C10H5FN4O5S. The van der Waals surface area contributed by atoms with Crippen LogP contribution in [0.15, 0.2) is 24.4 Å². The molecule has 108 valence electrons. The predicted molar refractivity (Wildman–Crippen MR) is 69.8 cm³/mol. The number of hydrogen-bond acceptors (Lipinski definition) is 7. The second-order valence-corrected chi connectivity index (χ2v) is 4.65. The Morgan fingerprint density at radius 1 is 1.29 bits per heavy atom. The van der Waals surface area contributed by atoms with Crippen LogP contribution in [0.4, 0.5) is 20.2 Å². The van der Waals surface area contributed by atoms with Gasteiger partial charge in [-0.1, -0.05) is 0 Å². The first-order valence-electron chi connectivity index (χ1n) is 5.24. The average Bonchev–Trinajstić information content (AvgIpc) is 2.86. The van der Waals surface area contributed by atoms with Crippen molar-refractivity contribution < 1.29 is 19.0 Å². The minimum absolute atomic E-state index is 0.0366. The van der Waals surface area contributed by atoms with Crippen molar-refractivity contribution in [2.45, 2.75) is 0 Å². The fraction of sp³-hybridized carbons (Fsp3) is 0. The highest BCUT2D eigenvalue weighted by atomic mass is 32.1. The van der Waals surface area contributed by atoms with Crippen LogP contribution in [0.1, 0.15) is 10.4 Å². The van der Waals surface area contributed by atoms with E-state index in [2.05, 4.69) is 10.3 Å². The highest BCUT2D eigenvalue weighted by molar-refractivity contribution is 7.18. The lowest BCUT2D eigenvalue weighted by atomic mass is 10.2. The number of aromatic nitrogens is 1. The van der Waals surface area contributed by atoms with Crippen LogP contribution in [-0.4, -0.2) is 20.7 Å². The number of nitro groups is 2. The van der Waals surface area contributed by atoms with Gasteiger partial charge in [0.2, 0.25) is 5.82 Å². The number of thiazole rings is 1. The molecule has 2 rings (SSSR count). The van der Waals surface area contributed by atoms with E-state index in [0.717, 1.165) is 18.3 Å². The molecule has 1 N–H and O–H groups in total. The van der Waals surface area contributed by atoms with Gasteiger partial charge >= 0.3 is 10.7 Å². The van der Waals surface area contributed by atoms with Gasteiger partial charge in [-0.25, -0.2) is 4.98 Å². The molecule has 9 nitrogen and oxygen atoms in total. The Morgan fingerprint density at radius 2 is 2.00 bits per heavy atom. The van der Waals surface area contributed by atoms with Gasteiger partial charge in [-0.3, -0.25) is 30.3 Å². The molecule has 1 aromatic heterocycles. The zero-order valence-corrected chi connectivity index (χ0v) is 10.8. The van der Waals surface area contributed by atoms with Gasteiger partial charge in [0.25, 0.3) is 5.91 Å². The summed E-state index contributed by atoms with van der Waals surface area (Å²) in [5.41, 5.74) is -0.924. The van der Waals surface area contributed by atoms with Crippen LogP contribution < -0.4 is 5.32 Å². The summed E-state index contributed by atoms with van der Waals surface area (Å²) in [7, 11) is 0. The first-order chi connectivity index (χ1) is 9.88. The number of benzene rings is 1. The van der Waals surface area contributed by atoms with Crippen LogP contribution in [0.3, 0.4) is 0 Å². The number of amides is 1. The average molecular weight is 312 g/mol. The third kappa shape index (κ3) is 3.14. The normalized spacial score (nSPS) is 10.1. The summed E-state index contributed by atoms with van der Waals surface area (Å²) in [6, 6.07) is 2.63. The molecule has 0 radical (unpaired) electrons.